The number of amides is 1. The van der Waals surface area contributed by atoms with Gasteiger partial charge in [0.1, 0.15) is 23.5 Å². The molecule has 0 unspecified atom stereocenters. The molecular weight excluding hydrogens is 382 g/mol. The van der Waals surface area contributed by atoms with E-state index >= 15 is 0 Å². The number of hydrogen-bond acceptors (Lipinski definition) is 5. The molecule has 28 heavy (non-hydrogen) atoms. The number of nitrogens with zero attached hydrogens (tertiary/aromatic N) is 3. The van der Waals surface area contributed by atoms with E-state index in [0.29, 0.717) is 6.20 Å². The second kappa shape index (κ2) is 7.06. The molecule has 0 aliphatic rings. The maximum absolute atomic E-state index is 13.7. The number of carbonyl (C=O) groups is 1. The SMILES string of the molecule is CC(C)(COc1ccc(C(F)(F)F)cn1)NC(=O)c1cc(F)cc2n[nH]nc12. The average molecular weight is 397 g/mol. The number of aromatic nitrogens is 4. The molecule has 0 bridgehead atoms. The van der Waals surface area contributed by atoms with Crippen molar-refractivity contribution in [3.05, 3.63) is 47.4 Å². The van der Waals surface area contributed by atoms with Gasteiger partial charge in [-0.15, -0.1) is 0 Å². The molecule has 7 nitrogen and oxygen atoms in total. The Labute approximate surface area is 156 Å². The zero-order chi connectivity index (χ0) is 20.5. The largest absolute Gasteiger partial charge is 0.475 e. The fourth-order valence-electron chi connectivity index (χ4n) is 2.39. The lowest BCUT2D eigenvalue weighted by molar-refractivity contribution is -0.137. The van der Waals surface area contributed by atoms with E-state index in [9.17, 15) is 22.4 Å². The smallest absolute Gasteiger partial charge is 0.417 e. The number of aromatic amines is 1. The van der Waals surface area contributed by atoms with Crippen molar-refractivity contribution in [3.8, 4) is 5.88 Å². The monoisotopic (exact) mass is 397 g/mol. The number of halogens is 4. The van der Waals surface area contributed by atoms with Gasteiger partial charge in [0.15, 0.2) is 0 Å². The molecular formula is C17H15F4N5O2. The Morgan fingerprint density at radius 2 is 1.96 bits per heavy atom. The zero-order valence-electron chi connectivity index (χ0n) is 14.8. The molecule has 2 aromatic heterocycles. The lowest BCUT2D eigenvalue weighted by atomic mass is 10.1. The van der Waals surface area contributed by atoms with E-state index in [2.05, 4.69) is 25.7 Å². The molecule has 1 aromatic carbocycles. The van der Waals surface area contributed by atoms with Crippen LogP contribution in [-0.2, 0) is 6.18 Å². The van der Waals surface area contributed by atoms with Gasteiger partial charge in [-0.05, 0) is 26.0 Å². The Morgan fingerprint density at radius 1 is 1.21 bits per heavy atom. The molecule has 0 atom stereocenters. The van der Waals surface area contributed by atoms with Crippen LogP contribution in [0.4, 0.5) is 17.6 Å². The van der Waals surface area contributed by atoms with E-state index in [-0.39, 0.29) is 29.1 Å². The molecule has 2 heterocycles. The van der Waals surface area contributed by atoms with Gasteiger partial charge in [0.25, 0.3) is 5.91 Å². The van der Waals surface area contributed by atoms with Crippen molar-refractivity contribution in [2.75, 3.05) is 6.61 Å². The van der Waals surface area contributed by atoms with Crippen molar-refractivity contribution in [2.24, 2.45) is 0 Å². The first-order valence-corrected chi connectivity index (χ1v) is 8.04. The average Bonchev–Trinajstić information content (AvgIpc) is 3.06. The van der Waals surface area contributed by atoms with Gasteiger partial charge in [0, 0.05) is 18.3 Å². The third kappa shape index (κ3) is 4.35. The number of benzene rings is 1. The molecule has 0 spiro atoms. The minimum Gasteiger partial charge on any atom is -0.475 e. The van der Waals surface area contributed by atoms with E-state index in [1.54, 1.807) is 13.8 Å². The number of alkyl halides is 3. The van der Waals surface area contributed by atoms with Gasteiger partial charge >= 0.3 is 6.18 Å². The molecule has 11 heteroatoms. The van der Waals surface area contributed by atoms with Crippen LogP contribution >= 0.6 is 0 Å². The van der Waals surface area contributed by atoms with Crippen molar-refractivity contribution in [1.29, 1.82) is 0 Å². The van der Waals surface area contributed by atoms with Crippen LogP contribution in [0, 0.1) is 5.82 Å². The lowest BCUT2D eigenvalue weighted by Crippen LogP contribution is -2.48. The predicted molar refractivity (Wildman–Crippen MR) is 90.1 cm³/mol. The fourth-order valence-corrected chi connectivity index (χ4v) is 2.39. The Morgan fingerprint density at radius 3 is 2.61 bits per heavy atom. The van der Waals surface area contributed by atoms with Gasteiger partial charge in [-0.3, -0.25) is 4.79 Å². The number of hydrogen-bond donors (Lipinski definition) is 2. The highest BCUT2D eigenvalue weighted by Crippen LogP contribution is 2.29. The fraction of sp³-hybridized carbons (Fsp3) is 0.294. The number of carbonyl (C=O) groups excluding carboxylic acids is 1. The summed E-state index contributed by atoms with van der Waals surface area (Å²) in [6.07, 6.45) is -3.83. The second-order valence-corrected chi connectivity index (χ2v) is 6.65. The van der Waals surface area contributed by atoms with E-state index in [0.717, 1.165) is 24.3 Å². The summed E-state index contributed by atoms with van der Waals surface area (Å²) in [5.74, 6) is -1.28. The lowest BCUT2D eigenvalue weighted by Gasteiger charge is -2.26. The summed E-state index contributed by atoms with van der Waals surface area (Å²) < 4.78 is 56.7. The van der Waals surface area contributed by atoms with Crippen molar-refractivity contribution in [1.82, 2.24) is 25.7 Å². The standard InChI is InChI=1S/C17H15F4N5O2/c1-16(2,8-28-13-4-3-9(7-22-13)17(19,20)21)23-15(27)11-5-10(18)6-12-14(11)25-26-24-12/h3-7H,8H2,1-2H3,(H,23,27)(H,24,25,26). The summed E-state index contributed by atoms with van der Waals surface area (Å²) >= 11 is 0. The number of fused-ring (bicyclic) bond motifs is 1. The topological polar surface area (TPSA) is 92.8 Å². The highest BCUT2D eigenvalue weighted by atomic mass is 19.4. The third-order valence-corrected chi connectivity index (χ3v) is 3.73. The Hall–Kier alpha value is -3.24. The Kier molecular flexibility index (Phi) is 4.92. The molecule has 0 radical (unpaired) electrons. The van der Waals surface area contributed by atoms with Crippen molar-refractivity contribution in [2.45, 2.75) is 25.6 Å². The predicted octanol–water partition coefficient (Wildman–Crippen LogP) is 3.10. The number of ether oxygens (including phenoxy) is 1. The number of pyridine rings is 1. The first-order valence-electron chi connectivity index (χ1n) is 8.04. The highest BCUT2D eigenvalue weighted by molar-refractivity contribution is 6.04. The molecule has 3 aromatic rings. The summed E-state index contributed by atoms with van der Waals surface area (Å²) in [5.41, 5.74) is -1.43. The summed E-state index contributed by atoms with van der Waals surface area (Å²) in [5, 5.41) is 12.6. The van der Waals surface area contributed by atoms with Gasteiger partial charge in [-0.2, -0.15) is 28.6 Å². The van der Waals surface area contributed by atoms with Crippen LogP contribution in [0.3, 0.4) is 0 Å². The minimum atomic E-state index is -4.49. The summed E-state index contributed by atoms with van der Waals surface area (Å²) in [6.45, 7) is 3.18. The van der Waals surface area contributed by atoms with Gasteiger partial charge in [0.2, 0.25) is 5.88 Å². The molecule has 0 saturated heterocycles. The van der Waals surface area contributed by atoms with Crippen molar-refractivity contribution in [3.63, 3.8) is 0 Å². The molecule has 0 saturated carbocycles. The molecule has 148 valence electrons. The van der Waals surface area contributed by atoms with E-state index < -0.39 is 29.0 Å². The Balaban J connectivity index is 1.68. The summed E-state index contributed by atoms with van der Waals surface area (Å²) in [4.78, 5) is 16.1. The quantitative estimate of drug-likeness (QED) is 0.646. The van der Waals surface area contributed by atoms with Gasteiger partial charge in [-0.25, -0.2) is 9.37 Å². The van der Waals surface area contributed by atoms with Crippen LogP contribution in [0.25, 0.3) is 11.0 Å². The maximum atomic E-state index is 13.7. The van der Waals surface area contributed by atoms with Crippen molar-refractivity contribution >= 4 is 16.9 Å². The van der Waals surface area contributed by atoms with Crippen LogP contribution in [0.15, 0.2) is 30.5 Å². The first-order chi connectivity index (χ1) is 13.0. The summed E-state index contributed by atoms with van der Waals surface area (Å²) in [7, 11) is 0. The van der Waals surface area contributed by atoms with Crippen molar-refractivity contribution < 1.29 is 27.1 Å². The van der Waals surface area contributed by atoms with Gasteiger partial charge in [-0.1, -0.05) is 0 Å². The molecule has 0 aliphatic heterocycles. The molecule has 0 fully saturated rings. The molecule has 2 N–H and O–H groups in total. The van der Waals surface area contributed by atoms with E-state index in [1.807, 2.05) is 0 Å². The zero-order valence-corrected chi connectivity index (χ0v) is 14.8. The van der Waals surface area contributed by atoms with Gasteiger partial charge in [0.05, 0.1) is 16.7 Å². The molecule has 3 rings (SSSR count). The summed E-state index contributed by atoms with van der Waals surface area (Å²) in [6, 6.07) is 4.11. The van der Waals surface area contributed by atoms with Crippen LogP contribution < -0.4 is 10.1 Å². The Bertz CT molecular complexity index is 999. The molecule has 1 amide bonds. The second-order valence-electron chi connectivity index (χ2n) is 6.65. The van der Waals surface area contributed by atoms with Crippen LogP contribution in [0.2, 0.25) is 0 Å². The highest BCUT2D eigenvalue weighted by Gasteiger charge is 2.31. The number of nitrogens with one attached hydrogen (secondary N) is 2. The first kappa shape index (κ1) is 19.5. The molecule has 0 aliphatic carbocycles. The van der Waals surface area contributed by atoms with Crippen LogP contribution in [0.5, 0.6) is 5.88 Å². The van der Waals surface area contributed by atoms with Gasteiger partial charge < -0.3 is 10.1 Å². The van der Waals surface area contributed by atoms with Crippen LogP contribution in [0.1, 0.15) is 29.8 Å². The van der Waals surface area contributed by atoms with E-state index in [1.165, 1.54) is 0 Å². The third-order valence-electron chi connectivity index (χ3n) is 3.73. The minimum absolute atomic E-state index is 0.00974. The maximum Gasteiger partial charge on any atom is 0.417 e. The number of rotatable bonds is 5. The van der Waals surface area contributed by atoms with E-state index in [4.69, 9.17) is 4.74 Å². The van der Waals surface area contributed by atoms with Crippen LogP contribution in [-0.4, -0.2) is 38.4 Å². The normalized spacial score (nSPS) is 12.2. The number of H-pyrrole nitrogens is 1.